The number of carbonyl (C=O) groups excluding carboxylic acids is 1. The number of carbonyl (C=O) groups is 1. The van der Waals surface area contributed by atoms with E-state index in [1.807, 2.05) is 65.2 Å². The van der Waals surface area contributed by atoms with Gasteiger partial charge in [-0.25, -0.2) is 19.3 Å². The van der Waals surface area contributed by atoms with Crippen molar-refractivity contribution >= 4 is 33.0 Å². The maximum atomic E-state index is 14.6. The van der Waals surface area contributed by atoms with Gasteiger partial charge in [0.05, 0.1) is 16.8 Å². The number of nitrogen functional groups attached to an aromatic ring is 1. The van der Waals surface area contributed by atoms with Crippen LogP contribution in [0.4, 0.5) is 10.2 Å². The van der Waals surface area contributed by atoms with Gasteiger partial charge in [0.25, 0.3) is 16.0 Å². The summed E-state index contributed by atoms with van der Waals surface area (Å²) in [5.41, 5.74) is 10.7. The Morgan fingerprint density at radius 1 is 0.907 bits per heavy atom. The molecular weight excluding hydrogens is 571 g/mol. The third kappa shape index (κ3) is 5.44. The van der Waals surface area contributed by atoms with Crippen molar-refractivity contribution in [3.63, 3.8) is 0 Å². The van der Waals surface area contributed by atoms with Crippen LogP contribution in [0.3, 0.4) is 0 Å². The number of anilines is 1. The van der Waals surface area contributed by atoms with Gasteiger partial charge >= 0.3 is 0 Å². The predicted octanol–water partition coefficient (Wildman–Crippen LogP) is 5.05. The van der Waals surface area contributed by atoms with Crippen LogP contribution >= 0.6 is 0 Å². The molecule has 10 nitrogen and oxygen atoms in total. The number of hydrogen-bond acceptors (Lipinski definition) is 7. The molecule has 3 aromatic carbocycles. The van der Waals surface area contributed by atoms with Crippen molar-refractivity contribution < 1.29 is 22.2 Å². The molecule has 3 heterocycles. The maximum Gasteiger partial charge on any atom is 0.297 e. The molecule has 6 aromatic rings. The largest absolute Gasteiger partial charge is 0.383 e. The second-order valence-corrected chi connectivity index (χ2v) is 10.9. The molecule has 0 saturated heterocycles. The highest BCUT2D eigenvalue weighted by atomic mass is 32.2. The molecule has 12 heteroatoms. The van der Waals surface area contributed by atoms with Gasteiger partial charge in [-0.05, 0) is 54.1 Å². The first kappa shape index (κ1) is 27.7. The Hall–Kier alpha value is -5.46. The van der Waals surface area contributed by atoms with Crippen LogP contribution in [0.5, 0.6) is 0 Å². The van der Waals surface area contributed by atoms with Crippen molar-refractivity contribution in [2.75, 3.05) is 5.73 Å². The molecule has 0 aliphatic heterocycles. The van der Waals surface area contributed by atoms with Crippen molar-refractivity contribution in [1.82, 2.24) is 24.8 Å². The standard InChI is InChI=1S/C31H23FN6O4S/c32-27-22(8-4-10-26(27)43(40,41)42)31(39)35-18-19-11-13-21(14-12-19)38-29(23-9-5-17-34-28(23)33)37-25-16-15-24(36-30(25)38)20-6-2-1-3-7-20/h1-17H,18H2,(H2,33,34)(H,35,39)(H,40,41,42). The van der Waals surface area contributed by atoms with Gasteiger partial charge in [0.1, 0.15) is 16.2 Å². The van der Waals surface area contributed by atoms with Crippen LogP contribution in [0.1, 0.15) is 15.9 Å². The monoisotopic (exact) mass is 594 g/mol. The summed E-state index contributed by atoms with van der Waals surface area (Å²) in [5.74, 6) is -1.30. The Balaban J connectivity index is 1.34. The highest BCUT2D eigenvalue weighted by Crippen LogP contribution is 2.31. The predicted molar refractivity (Wildman–Crippen MR) is 159 cm³/mol. The van der Waals surface area contributed by atoms with E-state index in [0.717, 1.165) is 29.1 Å². The summed E-state index contributed by atoms with van der Waals surface area (Å²) in [6.45, 7) is 0.0259. The molecule has 4 N–H and O–H groups in total. The van der Waals surface area contributed by atoms with Gasteiger partial charge in [-0.2, -0.15) is 8.42 Å². The number of amides is 1. The molecule has 0 bridgehead atoms. The number of aromatic nitrogens is 4. The number of fused-ring (bicyclic) bond motifs is 1. The van der Waals surface area contributed by atoms with E-state index in [1.54, 1.807) is 24.4 Å². The van der Waals surface area contributed by atoms with Crippen molar-refractivity contribution in [2.24, 2.45) is 0 Å². The van der Waals surface area contributed by atoms with Crippen LogP contribution in [0, 0.1) is 5.82 Å². The lowest BCUT2D eigenvalue weighted by Gasteiger charge is -2.12. The number of benzene rings is 3. The van der Waals surface area contributed by atoms with Gasteiger partial charge < -0.3 is 11.1 Å². The summed E-state index contributed by atoms with van der Waals surface area (Å²) in [4.78, 5) is 25.7. The summed E-state index contributed by atoms with van der Waals surface area (Å²) in [7, 11) is -4.82. The van der Waals surface area contributed by atoms with E-state index in [4.69, 9.17) is 15.7 Å². The van der Waals surface area contributed by atoms with Crippen LogP contribution in [0.15, 0.2) is 108 Å². The minimum Gasteiger partial charge on any atom is -0.383 e. The summed E-state index contributed by atoms with van der Waals surface area (Å²) in [6.07, 6.45) is 1.60. The third-order valence-corrected chi connectivity index (χ3v) is 7.66. The number of hydrogen-bond donors (Lipinski definition) is 3. The molecule has 0 radical (unpaired) electrons. The molecule has 6 rings (SSSR count). The van der Waals surface area contributed by atoms with E-state index in [9.17, 15) is 22.2 Å². The molecule has 0 saturated carbocycles. The van der Waals surface area contributed by atoms with E-state index < -0.39 is 32.3 Å². The van der Waals surface area contributed by atoms with Gasteiger partial charge in [-0.1, -0.05) is 48.5 Å². The average Bonchev–Trinajstić information content (AvgIpc) is 3.39. The smallest absolute Gasteiger partial charge is 0.297 e. The number of nitrogens with two attached hydrogens (primary N) is 1. The van der Waals surface area contributed by atoms with Gasteiger partial charge in [-0.3, -0.25) is 13.9 Å². The first-order chi connectivity index (χ1) is 20.7. The Morgan fingerprint density at radius 2 is 1.67 bits per heavy atom. The van der Waals surface area contributed by atoms with Crippen molar-refractivity contribution in [2.45, 2.75) is 11.4 Å². The number of nitrogens with zero attached hydrogens (tertiary/aromatic N) is 4. The quantitative estimate of drug-likeness (QED) is 0.217. The zero-order chi connectivity index (χ0) is 30.1. The fraction of sp³-hybridized carbons (Fsp3) is 0.0323. The molecule has 0 unspecified atom stereocenters. The lowest BCUT2D eigenvalue weighted by atomic mass is 10.1. The fourth-order valence-corrected chi connectivity index (χ4v) is 5.27. The highest BCUT2D eigenvalue weighted by molar-refractivity contribution is 7.85. The van der Waals surface area contributed by atoms with E-state index in [-0.39, 0.29) is 6.54 Å². The van der Waals surface area contributed by atoms with E-state index in [2.05, 4.69) is 10.3 Å². The van der Waals surface area contributed by atoms with Crippen LogP contribution in [-0.4, -0.2) is 38.4 Å². The van der Waals surface area contributed by atoms with Gasteiger partial charge in [0.2, 0.25) is 0 Å². The number of nitrogens with one attached hydrogen (secondary N) is 1. The molecule has 1 amide bonds. The number of rotatable bonds is 7. The molecule has 0 aliphatic carbocycles. The van der Waals surface area contributed by atoms with Crippen molar-refractivity contribution in [3.8, 4) is 28.3 Å². The molecule has 214 valence electrons. The summed E-state index contributed by atoms with van der Waals surface area (Å²) in [6, 6.07) is 27.6. The fourth-order valence-electron chi connectivity index (χ4n) is 4.68. The summed E-state index contributed by atoms with van der Waals surface area (Å²) < 4.78 is 48.5. The van der Waals surface area contributed by atoms with Crippen LogP contribution in [0.25, 0.3) is 39.5 Å². The Kier molecular flexibility index (Phi) is 7.14. The van der Waals surface area contributed by atoms with E-state index in [1.165, 1.54) is 6.07 Å². The van der Waals surface area contributed by atoms with Crippen LogP contribution in [0.2, 0.25) is 0 Å². The zero-order valence-electron chi connectivity index (χ0n) is 22.3. The first-order valence-electron chi connectivity index (χ1n) is 13.0. The Bertz CT molecular complexity index is 2100. The zero-order valence-corrected chi connectivity index (χ0v) is 23.2. The first-order valence-corrected chi connectivity index (χ1v) is 14.4. The average molecular weight is 595 g/mol. The molecular formula is C31H23FN6O4S. The second-order valence-electron chi connectivity index (χ2n) is 9.55. The highest BCUT2D eigenvalue weighted by Gasteiger charge is 2.22. The van der Waals surface area contributed by atoms with Gasteiger partial charge in [0, 0.05) is 24.0 Å². The SMILES string of the molecule is Nc1ncccc1-c1nc2ccc(-c3ccccc3)nc2n1-c1ccc(CNC(=O)c2cccc(S(=O)(=O)O)c2F)cc1. The van der Waals surface area contributed by atoms with Crippen molar-refractivity contribution in [1.29, 1.82) is 0 Å². The molecule has 3 aromatic heterocycles. The molecule has 0 aliphatic rings. The Labute approximate surface area is 245 Å². The van der Waals surface area contributed by atoms with Gasteiger partial charge in [-0.15, -0.1) is 0 Å². The van der Waals surface area contributed by atoms with E-state index in [0.29, 0.717) is 33.9 Å². The summed E-state index contributed by atoms with van der Waals surface area (Å²) >= 11 is 0. The third-order valence-electron chi connectivity index (χ3n) is 6.79. The molecule has 0 spiro atoms. The maximum absolute atomic E-state index is 14.6. The number of pyridine rings is 2. The minimum atomic E-state index is -4.82. The van der Waals surface area contributed by atoms with Crippen LogP contribution in [-0.2, 0) is 16.7 Å². The normalized spacial score (nSPS) is 11.5. The lowest BCUT2D eigenvalue weighted by molar-refractivity contribution is 0.0946. The number of imidazole rings is 1. The topological polar surface area (TPSA) is 153 Å². The molecule has 0 atom stereocenters. The lowest BCUT2D eigenvalue weighted by Crippen LogP contribution is -2.24. The molecule has 43 heavy (non-hydrogen) atoms. The van der Waals surface area contributed by atoms with E-state index >= 15 is 0 Å². The van der Waals surface area contributed by atoms with Crippen LogP contribution < -0.4 is 11.1 Å². The molecule has 0 fully saturated rings. The second kappa shape index (κ2) is 11.1. The summed E-state index contributed by atoms with van der Waals surface area (Å²) in [5, 5.41) is 2.58. The van der Waals surface area contributed by atoms with Gasteiger partial charge in [0.15, 0.2) is 17.3 Å². The van der Waals surface area contributed by atoms with Crippen molar-refractivity contribution in [3.05, 3.63) is 120 Å². The minimum absolute atomic E-state index is 0.0259. The number of halogens is 1. The Morgan fingerprint density at radius 3 is 2.40 bits per heavy atom.